The van der Waals surface area contributed by atoms with Gasteiger partial charge in [0, 0.05) is 31.1 Å². The van der Waals surface area contributed by atoms with Crippen molar-refractivity contribution in [2.75, 3.05) is 30.8 Å². The third-order valence-electron chi connectivity index (χ3n) is 2.25. The van der Waals surface area contributed by atoms with Crippen molar-refractivity contribution in [3.8, 4) is 0 Å². The van der Waals surface area contributed by atoms with E-state index in [4.69, 9.17) is 10.5 Å². The molecule has 3 heteroatoms. The largest absolute Gasteiger partial charge is 0.399 e. The molecule has 0 radical (unpaired) electrons. The summed E-state index contributed by atoms with van der Waals surface area (Å²) in [7, 11) is 0. The second kappa shape index (κ2) is 6.30. The van der Waals surface area contributed by atoms with Crippen LogP contribution in [0.3, 0.4) is 0 Å². The van der Waals surface area contributed by atoms with Gasteiger partial charge in [-0.1, -0.05) is 6.07 Å². The molecule has 3 nitrogen and oxygen atoms in total. The van der Waals surface area contributed by atoms with Crippen LogP contribution in [0.25, 0.3) is 0 Å². The number of benzene rings is 1. The fraction of sp³-hybridized carbons (Fsp3) is 0.500. The van der Waals surface area contributed by atoms with E-state index in [1.807, 2.05) is 25.1 Å². The van der Waals surface area contributed by atoms with Crippen LogP contribution < -0.4 is 11.1 Å². The fourth-order valence-electron chi connectivity index (χ4n) is 1.37. The Morgan fingerprint density at radius 2 is 2.20 bits per heavy atom. The van der Waals surface area contributed by atoms with Gasteiger partial charge in [0.05, 0.1) is 0 Å². The van der Waals surface area contributed by atoms with Crippen LogP contribution in [0.15, 0.2) is 18.2 Å². The van der Waals surface area contributed by atoms with E-state index in [1.165, 1.54) is 5.56 Å². The quantitative estimate of drug-likeness (QED) is 0.557. The van der Waals surface area contributed by atoms with Crippen molar-refractivity contribution >= 4 is 11.4 Å². The molecule has 0 heterocycles. The van der Waals surface area contributed by atoms with Gasteiger partial charge in [0.15, 0.2) is 0 Å². The number of nitrogen functional groups attached to an aromatic ring is 1. The van der Waals surface area contributed by atoms with Crippen LogP contribution in [0.4, 0.5) is 11.4 Å². The zero-order valence-electron chi connectivity index (χ0n) is 9.55. The van der Waals surface area contributed by atoms with E-state index in [-0.39, 0.29) is 0 Å². The topological polar surface area (TPSA) is 47.3 Å². The van der Waals surface area contributed by atoms with Crippen LogP contribution in [-0.2, 0) is 4.74 Å². The second-order valence-corrected chi connectivity index (χ2v) is 3.55. The van der Waals surface area contributed by atoms with E-state index in [0.29, 0.717) is 0 Å². The summed E-state index contributed by atoms with van der Waals surface area (Å²) in [5, 5.41) is 3.35. The summed E-state index contributed by atoms with van der Waals surface area (Å²) in [4.78, 5) is 0. The minimum absolute atomic E-state index is 0.789. The number of nitrogens with one attached hydrogen (secondary N) is 1. The second-order valence-electron chi connectivity index (χ2n) is 3.55. The predicted molar refractivity (Wildman–Crippen MR) is 65.2 cm³/mol. The molecule has 0 saturated carbocycles. The van der Waals surface area contributed by atoms with Crippen molar-refractivity contribution < 1.29 is 4.74 Å². The van der Waals surface area contributed by atoms with Crippen LogP contribution in [0.1, 0.15) is 18.9 Å². The molecule has 0 aliphatic rings. The summed E-state index contributed by atoms with van der Waals surface area (Å²) >= 11 is 0. The lowest BCUT2D eigenvalue weighted by Gasteiger charge is -2.10. The summed E-state index contributed by atoms with van der Waals surface area (Å²) in [6, 6.07) is 5.91. The zero-order chi connectivity index (χ0) is 11.1. The standard InChI is InChI=1S/C12H20N2O/c1-3-15-8-4-7-14-12-9-11(13)6-5-10(12)2/h5-6,9,14H,3-4,7-8,13H2,1-2H3. The van der Waals surface area contributed by atoms with Crippen LogP contribution >= 0.6 is 0 Å². The third kappa shape index (κ3) is 4.21. The summed E-state index contributed by atoms with van der Waals surface area (Å²) in [5.41, 5.74) is 8.85. The Bertz CT molecular complexity index is 300. The highest BCUT2D eigenvalue weighted by atomic mass is 16.5. The molecular weight excluding hydrogens is 188 g/mol. The summed E-state index contributed by atoms with van der Waals surface area (Å²) in [6.45, 7) is 6.60. The van der Waals surface area contributed by atoms with Crippen molar-refractivity contribution in [1.29, 1.82) is 0 Å². The van der Waals surface area contributed by atoms with Crippen molar-refractivity contribution in [3.05, 3.63) is 23.8 Å². The first-order valence-electron chi connectivity index (χ1n) is 5.41. The van der Waals surface area contributed by atoms with E-state index in [2.05, 4.69) is 12.2 Å². The van der Waals surface area contributed by atoms with Crippen molar-refractivity contribution in [2.45, 2.75) is 20.3 Å². The molecule has 1 aromatic rings. The van der Waals surface area contributed by atoms with E-state index >= 15 is 0 Å². The molecule has 0 fully saturated rings. The minimum Gasteiger partial charge on any atom is -0.399 e. The molecule has 1 rings (SSSR count). The zero-order valence-corrected chi connectivity index (χ0v) is 9.55. The van der Waals surface area contributed by atoms with Gasteiger partial charge in [-0.15, -0.1) is 0 Å². The van der Waals surface area contributed by atoms with Gasteiger partial charge < -0.3 is 15.8 Å². The van der Waals surface area contributed by atoms with E-state index in [9.17, 15) is 0 Å². The first-order valence-corrected chi connectivity index (χ1v) is 5.41. The number of rotatable bonds is 6. The molecule has 0 saturated heterocycles. The maximum absolute atomic E-state index is 5.71. The first kappa shape index (κ1) is 11.9. The van der Waals surface area contributed by atoms with Crippen LogP contribution in [0.2, 0.25) is 0 Å². The average molecular weight is 208 g/mol. The van der Waals surface area contributed by atoms with Gasteiger partial charge in [0.1, 0.15) is 0 Å². The average Bonchev–Trinajstić information content (AvgIpc) is 2.23. The third-order valence-corrected chi connectivity index (χ3v) is 2.25. The molecule has 0 aromatic heterocycles. The lowest BCUT2D eigenvalue weighted by Crippen LogP contribution is -2.06. The van der Waals surface area contributed by atoms with Gasteiger partial charge in [-0.2, -0.15) is 0 Å². The molecule has 0 aliphatic carbocycles. The number of aryl methyl sites for hydroxylation is 1. The maximum atomic E-state index is 5.71. The van der Waals surface area contributed by atoms with Gasteiger partial charge in [0.2, 0.25) is 0 Å². The van der Waals surface area contributed by atoms with Crippen LogP contribution in [0, 0.1) is 6.92 Å². The summed E-state index contributed by atoms with van der Waals surface area (Å²) < 4.78 is 5.26. The summed E-state index contributed by atoms with van der Waals surface area (Å²) in [5.74, 6) is 0. The van der Waals surface area contributed by atoms with E-state index < -0.39 is 0 Å². The van der Waals surface area contributed by atoms with Crippen LogP contribution in [-0.4, -0.2) is 19.8 Å². The van der Waals surface area contributed by atoms with Gasteiger partial charge in [-0.3, -0.25) is 0 Å². The van der Waals surface area contributed by atoms with Crippen molar-refractivity contribution in [3.63, 3.8) is 0 Å². The number of hydrogen-bond donors (Lipinski definition) is 2. The molecule has 3 N–H and O–H groups in total. The molecule has 0 atom stereocenters. The Hall–Kier alpha value is -1.22. The molecule has 84 valence electrons. The van der Waals surface area contributed by atoms with Crippen molar-refractivity contribution in [2.24, 2.45) is 0 Å². The molecule has 0 unspecified atom stereocenters. The number of ether oxygens (including phenoxy) is 1. The maximum Gasteiger partial charge on any atom is 0.0482 e. The fourth-order valence-corrected chi connectivity index (χ4v) is 1.37. The number of nitrogens with two attached hydrogens (primary N) is 1. The molecule has 0 bridgehead atoms. The highest BCUT2D eigenvalue weighted by Gasteiger charge is 1.97. The molecule has 0 spiro atoms. The van der Waals surface area contributed by atoms with Gasteiger partial charge in [-0.25, -0.2) is 0 Å². The molecule has 15 heavy (non-hydrogen) atoms. The Balaban J connectivity index is 2.33. The number of hydrogen-bond acceptors (Lipinski definition) is 3. The smallest absolute Gasteiger partial charge is 0.0482 e. The van der Waals surface area contributed by atoms with Crippen LogP contribution in [0.5, 0.6) is 0 Å². The SMILES string of the molecule is CCOCCCNc1cc(N)ccc1C. The highest BCUT2D eigenvalue weighted by molar-refractivity contribution is 5.59. The normalized spacial score (nSPS) is 10.3. The lowest BCUT2D eigenvalue weighted by molar-refractivity contribution is 0.147. The Labute approximate surface area is 91.6 Å². The first-order chi connectivity index (χ1) is 7.24. The molecule has 1 aromatic carbocycles. The van der Waals surface area contributed by atoms with Crippen molar-refractivity contribution in [1.82, 2.24) is 0 Å². The van der Waals surface area contributed by atoms with Gasteiger partial charge in [0.25, 0.3) is 0 Å². The minimum atomic E-state index is 0.789. The summed E-state index contributed by atoms with van der Waals surface area (Å²) in [6.07, 6.45) is 1.02. The Kier molecular flexibility index (Phi) is 4.98. The van der Waals surface area contributed by atoms with E-state index in [1.54, 1.807) is 0 Å². The molecular formula is C12H20N2O. The molecule has 0 aliphatic heterocycles. The van der Waals surface area contributed by atoms with Gasteiger partial charge >= 0.3 is 0 Å². The van der Waals surface area contributed by atoms with Gasteiger partial charge in [-0.05, 0) is 38.0 Å². The molecule has 0 amide bonds. The monoisotopic (exact) mass is 208 g/mol. The lowest BCUT2D eigenvalue weighted by atomic mass is 10.2. The predicted octanol–water partition coefficient (Wildman–Crippen LogP) is 2.42. The Morgan fingerprint density at radius 3 is 2.93 bits per heavy atom. The van der Waals surface area contributed by atoms with E-state index in [0.717, 1.165) is 37.6 Å². The number of anilines is 2. The Morgan fingerprint density at radius 1 is 1.40 bits per heavy atom. The highest BCUT2D eigenvalue weighted by Crippen LogP contribution is 2.17.